The zero-order valence-electron chi connectivity index (χ0n) is 27.2. The normalized spacial score (nSPS) is 10.0. The van der Waals surface area contributed by atoms with Gasteiger partial charge in [-0.2, -0.15) is 0 Å². The van der Waals surface area contributed by atoms with Gasteiger partial charge in [0.25, 0.3) is 0 Å². The van der Waals surface area contributed by atoms with Gasteiger partial charge in [-0.05, 0) is 101 Å². The van der Waals surface area contributed by atoms with Crippen LogP contribution >= 0.6 is 15.9 Å². The van der Waals surface area contributed by atoms with E-state index in [4.69, 9.17) is 24.4 Å². The van der Waals surface area contributed by atoms with Crippen molar-refractivity contribution in [3.05, 3.63) is 184 Å². The SMILES string of the molecule is CCc1ccc(Br)cc1.O=C(O)Cc1ccc(Oc2ccc(OCc3ccccc3)cc2)cc1.Oc1ccc(OCc2ccccc2)cc1. The van der Waals surface area contributed by atoms with Crippen LogP contribution in [0.25, 0.3) is 0 Å². The van der Waals surface area contributed by atoms with Crippen LogP contribution in [0.2, 0.25) is 0 Å². The van der Waals surface area contributed by atoms with Gasteiger partial charge < -0.3 is 24.4 Å². The number of carboxylic acid groups (broad SMARTS) is 1. The minimum absolute atomic E-state index is 0.00767. The van der Waals surface area contributed by atoms with Crippen LogP contribution in [0.4, 0.5) is 0 Å². The quantitative estimate of drug-likeness (QED) is 0.139. The van der Waals surface area contributed by atoms with E-state index in [-0.39, 0.29) is 12.2 Å². The number of phenolic OH excluding ortho intramolecular Hbond substituents is 1. The van der Waals surface area contributed by atoms with Gasteiger partial charge in [0, 0.05) is 4.47 Å². The molecule has 0 saturated heterocycles. The summed E-state index contributed by atoms with van der Waals surface area (Å²) in [7, 11) is 0. The number of hydrogen-bond acceptors (Lipinski definition) is 5. The van der Waals surface area contributed by atoms with Crippen molar-refractivity contribution in [1.29, 1.82) is 0 Å². The molecule has 6 aromatic carbocycles. The summed E-state index contributed by atoms with van der Waals surface area (Å²) in [6, 6.07) is 49.5. The van der Waals surface area contributed by atoms with Crippen LogP contribution in [0.5, 0.6) is 28.7 Å². The van der Waals surface area contributed by atoms with Crippen molar-refractivity contribution >= 4 is 21.9 Å². The predicted molar refractivity (Wildman–Crippen MR) is 197 cm³/mol. The van der Waals surface area contributed by atoms with Gasteiger partial charge in [0.15, 0.2) is 0 Å². The van der Waals surface area contributed by atoms with Crippen LogP contribution in [0.15, 0.2) is 162 Å². The maximum atomic E-state index is 10.7. The molecule has 0 spiro atoms. The van der Waals surface area contributed by atoms with Gasteiger partial charge >= 0.3 is 5.97 Å². The number of benzene rings is 6. The fraction of sp³-hybridized carbons (Fsp3) is 0.119. The van der Waals surface area contributed by atoms with Crippen LogP contribution in [0, 0.1) is 0 Å². The van der Waals surface area contributed by atoms with E-state index in [0.29, 0.717) is 24.7 Å². The monoisotopic (exact) mass is 718 g/mol. The van der Waals surface area contributed by atoms with Crippen molar-refractivity contribution in [1.82, 2.24) is 0 Å². The third-order valence-corrected chi connectivity index (χ3v) is 7.52. The van der Waals surface area contributed by atoms with Gasteiger partial charge in [-0.1, -0.05) is 108 Å². The molecular formula is C42H39BrO6. The van der Waals surface area contributed by atoms with Crippen molar-refractivity contribution in [2.45, 2.75) is 33.0 Å². The van der Waals surface area contributed by atoms with Gasteiger partial charge in [0.1, 0.15) is 42.0 Å². The van der Waals surface area contributed by atoms with E-state index < -0.39 is 5.97 Å². The highest BCUT2D eigenvalue weighted by molar-refractivity contribution is 9.10. The Morgan fingerprint density at radius 1 is 0.531 bits per heavy atom. The third kappa shape index (κ3) is 14.0. The van der Waals surface area contributed by atoms with Gasteiger partial charge in [0.2, 0.25) is 0 Å². The lowest BCUT2D eigenvalue weighted by molar-refractivity contribution is -0.136. The Labute approximate surface area is 296 Å². The number of phenols is 1. The van der Waals surface area contributed by atoms with E-state index in [9.17, 15) is 4.79 Å². The molecule has 0 aliphatic rings. The van der Waals surface area contributed by atoms with E-state index in [1.54, 1.807) is 48.5 Å². The molecule has 0 aromatic heterocycles. The molecule has 6 rings (SSSR count). The van der Waals surface area contributed by atoms with Crippen LogP contribution in [0.1, 0.15) is 29.2 Å². The number of carbonyl (C=O) groups is 1. The minimum Gasteiger partial charge on any atom is -0.508 e. The third-order valence-electron chi connectivity index (χ3n) is 6.99. The number of rotatable bonds is 11. The second-order valence-electron chi connectivity index (χ2n) is 10.8. The first-order valence-electron chi connectivity index (χ1n) is 15.8. The second kappa shape index (κ2) is 20.0. The maximum Gasteiger partial charge on any atom is 0.307 e. The Kier molecular flexibility index (Phi) is 14.8. The number of hydrogen-bond donors (Lipinski definition) is 2. The van der Waals surface area contributed by atoms with Crippen LogP contribution < -0.4 is 14.2 Å². The molecule has 0 radical (unpaired) electrons. The summed E-state index contributed by atoms with van der Waals surface area (Å²) < 4.78 is 18.2. The molecule has 0 bridgehead atoms. The number of carboxylic acids is 1. The second-order valence-corrected chi connectivity index (χ2v) is 11.7. The maximum absolute atomic E-state index is 10.7. The minimum atomic E-state index is -0.847. The van der Waals surface area contributed by atoms with Gasteiger partial charge in [0.05, 0.1) is 6.42 Å². The van der Waals surface area contributed by atoms with Gasteiger partial charge in [-0.3, -0.25) is 4.79 Å². The highest BCUT2D eigenvalue weighted by atomic mass is 79.9. The molecule has 7 heteroatoms. The molecule has 250 valence electrons. The van der Waals surface area contributed by atoms with Crippen LogP contribution in [0.3, 0.4) is 0 Å². The smallest absolute Gasteiger partial charge is 0.307 e. The summed E-state index contributed by atoms with van der Waals surface area (Å²) >= 11 is 3.37. The number of aliphatic carboxylic acids is 1. The Morgan fingerprint density at radius 2 is 0.939 bits per heavy atom. The van der Waals surface area contributed by atoms with Crippen molar-refractivity contribution < 1.29 is 29.2 Å². The van der Waals surface area contributed by atoms with Crippen molar-refractivity contribution in [2.24, 2.45) is 0 Å². The summed E-state index contributed by atoms with van der Waals surface area (Å²) in [5.41, 5.74) is 4.37. The van der Waals surface area contributed by atoms with E-state index in [1.807, 2.05) is 84.9 Å². The molecule has 6 nitrogen and oxygen atoms in total. The van der Waals surface area contributed by atoms with Crippen molar-refractivity contribution in [2.75, 3.05) is 0 Å². The van der Waals surface area contributed by atoms with E-state index >= 15 is 0 Å². The molecule has 0 saturated carbocycles. The van der Waals surface area contributed by atoms with Crippen molar-refractivity contribution in [3.63, 3.8) is 0 Å². The fourth-order valence-electron chi connectivity index (χ4n) is 4.33. The Balaban J connectivity index is 0.000000189. The summed E-state index contributed by atoms with van der Waals surface area (Å²) in [6.45, 7) is 3.22. The summed E-state index contributed by atoms with van der Waals surface area (Å²) in [6.07, 6.45) is 1.13. The first-order valence-corrected chi connectivity index (χ1v) is 16.6. The molecule has 2 N–H and O–H groups in total. The van der Waals surface area contributed by atoms with Gasteiger partial charge in [-0.15, -0.1) is 0 Å². The first kappa shape index (κ1) is 36.3. The summed E-state index contributed by atoms with van der Waals surface area (Å²) in [5, 5.41) is 17.9. The fourth-order valence-corrected chi connectivity index (χ4v) is 4.60. The highest BCUT2D eigenvalue weighted by Crippen LogP contribution is 2.25. The summed E-state index contributed by atoms with van der Waals surface area (Å²) in [5.74, 6) is 2.29. The zero-order chi connectivity index (χ0) is 34.7. The van der Waals surface area contributed by atoms with Crippen molar-refractivity contribution in [3.8, 4) is 28.7 Å². The molecule has 0 fully saturated rings. The van der Waals surface area contributed by atoms with E-state index in [0.717, 1.165) is 39.1 Å². The first-order chi connectivity index (χ1) is 23.9. The van der Waals surface area contributed by atoms with Crippen LogP contribution in [-0.2, 0) is 30.8 Å². The molecule has 0 heterocycles. The van der Waals surface area contributed by atoms with E-state index in [1.165, 1.54) is 5.56 Å². The molecule has 0 amide bonds. The molecule has 6 aromatic rings. The Morgan fingerprint density at radius 3 is 1.39 bits per heavy atom. The van der Waals surface area contributed by atoms with E-state index in [2.05, 4.69) is 47.1 Å². The number of aryl methyl sites for hydroxylation is 1. The molecule has 0 unspecified atom stereocenters. The number of ether oxygens (including phenoxy) is 3. The molecule has 0 aliphatic heterocycles. The largest absolute Gasteiger partial charge is 0.508 e. The zero-order valence-corrected chi connectivity index (χ0v) is 28.8. The lowest BCUT2D eigenvalue weighted by atomic mass is 10.1. The standard InChI is InChI=1S/C21H18O4.C13H12O2.C8H9Br/c22-21(23)14-16-6-8-19(9-7-16)25-20-12-10-18(11-13-20)24-15-17-4-2-1-3-5-17;14-12-6-8-13(9-7-12)15-10-11-4-2-1-3-5-11;1-2-7-3-5-8(9)6-4-7/h1-13H,14-15H2,(H,22,23);1-9,14H,10H2;3-6H,2H2,1H3. The van der Waals surface area contributed by atoms with Crippen LogP contribution in [-0.4, -0.2) is 16.2 Å². The lowest BCUT2D eigenvalue weighted by Crippen LogP contribution is -1.99. The number of aromatic hydroxyl groups is 1. The molecule has 0 atom stereocenters. The molecule has 49 heavy (non-hydrogen) atoms. The average Bonchev–Trinajstić information content (AvgIpc) is 3.13. The lowest BCUT2D eigenvalue weighted by Gasteiger charge is -2.09. The Bertz CT molecular complexity index is 1790. The summed E-state index contributed by atoms with van der Waals surface area (Å²) in [4.78, 5) is 10.7. The Hall–Kier alpha value is -5.53. The topological polar surface area (TPSA) is 85.2 Å². The average molecular weight is 720 g/mol. The van der Waals surface area contributed by atoms with Gasteiger partial charge in [-0.25, -0.2) is 0 Å². The highest BCUT2D eigenvalue weighted by Gasteiger charge is 2.03. The molecular weight excluding hydrogens is 680 g/mol. The molecule has 0 aliphatic carbocycles. The predicted octanol–water partition coefficient (Wildman–Crippen LogP) is 10.7. The number of halogens is 1.